The number of rotatable bonds is 5. The molecule has 0 spiro atoms. The summed E-state index contributed by atoms with van der Waals surface area (Å²) in [6.45, 7) is 0. The summed E-state index contributed by atoms with van der Waals surface area (Å²) in [4.78, 5) is 31.2. The van der Waals surface area contributed by atoms with Crippen molar-refractivity contribution < 1.29 is 4.79 Å². The summed E-state index contributed by atoms with van der Waals surface area (Å²) in [6, 6.07) is 16.4. The summed E-state index contributed by atoms with van der Waals surface area (Å²) in [6.07, 6.45) is 9.96. The average Bonchev–Trinajstić information content (AvgIpc) is 2.76. The van der Waals surface area contributed by atoms with E-state index in [1.807, 2.05) is 41.3 Å². The fraction of sp³-hybridized carbons (Fsp3) is 0. The monoisotopic (exact) mass is 368 g/mol. The van der Waals surface area contributed by atoms with Crippen LogP contribution in [0.25, 0.3) is 0 Å². The molecule has 0 saturated heterocycles. The van der Waals surface area contributed by atoms with Crippen LogP contribution in [0.5, 0.6) is 0 Å². The fourth-order valence-electron chi connectivity index (χ4n) is 2.70. The van der Waals surface area contributed by atoms with Crippen molar-refractivity contribution in [1.82, 2.24) is 19.9 Å². The zero-order valence-corrected chi connectivity index (χ0v) is 14.8. The molecule has 7 heteroatoms. The van der Waals surface area contributed by atoms with Crippen LogP contribution in [0, 0.1) is 0 Å². The Bertz CT molecular complexity index is 1020. The summed E-state index contributed by atoms with van der Waals surface area (Å²) >= 11 is 0. The van der Waals surface area contributed by atoms with Crippen molar-refractivity contribution in [2.24, 2.45) is 0 Å². The second-order valence-electron chi connectivity index (χ2n) is 5.84. The van der Waals surface area contributed by atoms with Crippen molar-refractivity contribution in [3.63, 3.8) is 0 Å². The van der Waals surface area contributed by atoms with Gasteiger partial charge in [0.25, 0.3) is 5.91 Å². The molecule has 1 N–H and O–H groups in total. The van der Waals surface area contributed by atoms with E-state index in [0.29, 0.717) is 17.2 Å². The van der Waals surface area contributed by atoms with Gasteiger partial charge in [0.2, 0.25) is 5.95 Å². The zero-order chi connectivity index (χ0) is 19.2. The molecule has 28 heavy (non-hydrogen) atoms. The molecule has 136 valence electrons. The highest BCUT2D eigenvalue weighted by molar-refractivity contribution is 6.04. The van der Waals surface area contributed by atoms with Crippen LogP contribution in [0.15, 0.2) is 91.8 Å². The van der Waals surface area contributed by atoms with Gasteiger partial charge in [-0.25, -0.2) is 9.97 Å². The minimum Gasteiger partial charge on any atom is -0.322 e. The van der Waals surface area contributed by atoms with Crippen LogP contribution in [0.2, 0.25) is 0 Å². The van der Waals surface area contributed by atoms with E-state index in [0.717, 1.165) is 11.4 Å². The maximum absolute atomic E-state index is 12.4. The lowest BCUT2D eigenvalue weighted by molar-refractivity contribution is 0.102. The molecule has 0 aliphatic heterocycles. The van der Waals surface area contributed by atoms with E-state index in [1.165, 1.54) is 6.20 Å². The second kappa shape index (κ2) is 8.05. The van der Waals surface area contributed by atoms with Gasteiger partial charge in [0.05, 0.1) is 23.1 Å². The summed E-state index contributed by atoms with van der Waals surface area (Å²) in [7, 11) is 0. The highest BCUT2D eigenvalue weighted by Gasteiger charge is 2.15. The van der Waals surface area contributed by atoms with Crippen molar-refractivity contribution in [2.45, 2.75) is 0 Å². The number of benzene rings is 1. The molecule has 0 aliphatic rings. The Morgan fingerprint density at radius 2 is 1.54 bits per heavy atom. The Hall–Kier alpha value is -4.13. The van der Waals surface area contributed by atoms with E-state index >= 15 is 0 Å². The first-order chi connectivity index (χ1) is 13.8. The molecule has 7 nitrogen and oxygen atoms in total. The molecule has 1 aromatic carbocycles. The zero-order valence-electron chi connectivity index (χ0n) is 14.8. The number of nitrogens with zero attached hydrogens (tertiary/aromatic N) is 5. The Morgan fingerprint density at radius 1 is 0.786 bits per heavy atom. The number of amides is 1. The molecule has 4 aromatic rings. The third kappa shape index (κ3) is 3.83. The van der Waals surface area contributed by atoms with Crippen LogP contribution < -0.4 is 10.2 Å². The number of nitrogens with one attached hydrogen (secondary N) is 1. The Balaban J connectivity index is 1.68. The fourth-order valence-corrected chi connectivity index (χ4v) is 2.70. The van der Waals surface area contributed by atoms with E-state index in [4.69, 9.17) is 0 Å². The van der Waals surface area contributed by atoms with Crippen LogP contribution in [0.1, 0.15) is 10.4 Å². The molecule has 4 rings (SSSR count). The molecule has 0 fully saturated rings. The maximum atomic E-state index is 12.4. The maximum Gasteiger partial charge on any atom is 0.257 e. The first-order valence-corrected chi connectivity index (χ1v) is 8.60. The van der Waals surface area contributed by atoms with Crippen LogP contribution in [-0.2, 0) is 0 Å². The largest absolute Gasteiger partial charge is 0.322 e. The molecule has 0 atom stereocenters. The quantitative estimate of drug-likeness (QED) is 0.573. The molecule has 0 unspecified atom stereocenters. The molecule has 0 saturated carbocycles. The summed E-state index contributed by atoms with van der Waals surface area (Å²) in [5, 5.41) is 2.89. The number of carbonyl (C=O) groups excluding carboxylic acids is 1. The first-order valence-electron chi connectivity index (χ1n) is 8.60. The standard InChI is InChI=1S/C21H16N6O/c28-20(16-5-2-9-22-14-16)26-17-6-1-7-18(13-17)27(19-8-3-10-23-15-19)21-24-11-4-12-25-21/h1-15H,(H,26,28). The highest BCUT2D eigenvalue weighted by Crippen LogP contribution is 2.32. The first kappa shape index (κ1) is 17.3. The Kier molecular flexibility index (Phi) is 4.97. The molecular weight excluding hydrogens is 352 g/mol. The van der Waals surface area contributed by atoms with Gasteiger partial charge < -0.3 is 5.32 Å². The minimum absolute atomic E-state index is 0.228. The van der Waals surface area contributed by atoms with Crippen molar-refractivity contribution in [2.75, 3.05) is 10.2 Å². The van der Waals surface area contributed by atoms with Crippen molar-refractivity contribution in [3.8, 4) is 0 Å². The van der Waals surface area contributed by atoms with Crippen LogP contribution in [-0.4, -0.2) is 25.8 Å². The van der Waals surface area contributed by atoms with E-state index in [1.54, 1.807) is 49.2 Å². The van der Waals surface area contributed by atoms with Gasteiger partial charge in [-0.2, -0.15) is 0 Å². The molecule has 3 heterocycles. The van der Waals surface area contributed by atoms with Crippen molar-refractivity contribution >= 4 is 28.9 Å². The van der Waals surface area contributed by atoms with Gasteiger partial charge in [0.1, 0.15) is 0 Å². The normalized spacial score (nSPS) is 10.3. The molecule has 1 amide bonds. The predicted octanol–water partition coefficient (Wildman–Crippen LogP) is 3.99. The number of carbonyl (C=O) groups is 1. The lowest BCUT2D eigenvalue weighted by atomic mass is 10.2. The number of aromatic nitrogens is 4. The second-order valence-corrected chi connectivity index (χ2v) is 5.84. The van der Waals surface area contributed by atoms with Gasteiger partial charge in [-0.1, -0.05) is 6.07 Å². The third-order valence-corrected chi connectivity index (χ3v) is 3.94. The van der Waals surface area contributed by atoms with Gasteiger partial charge in [-0.3, -0.25) is 19.7 Å². The molecule has 0 aliphatic carbocycles. The predicted molar refractivity (Wildman–Crippen MR) is 107 cm³/mol. The lowest BCUT2D eigenvalue weighted by Crippen LogP contribution is -2.15. The van der Waals surface area contributed by atoms with Gasteiger partial charge in [-0.05, 0) is 48.5 Å². The number of anilines is 4. The van der Waals surface area contributed by atoms with Crippen molar-refractivity contribution in [1.29, 1.82) is 0 Å². The molecule has 0 radical (unpaired) electrons. The van der Waals surface area contributed by atoms with Gasteiger partial charge >= 0.3 is 0 Å². The van der Waals surface area contributed by atoms with Crippen LogP contribution in [0.4, 0.5) is 23.0 Å². The number of hydrogen-bond donors (Lipinski definition) is 1. The number of hydrogen-bond acceptors (Lipinski definition) is 6. The summed E-state index contributed by atoms with van der Waals surface area (Å²) in [5.74, 6) is 0.278. The van der Waals surface area contributed by atoms with Crippen LogP contribution in [0.3, 0.4) is 0 Å². The van der Waals surface area contributed by atoms with Crippen molar-refractivity contribution in [3.05, 3.63) is 97.3 Å². The molecular formula is C21H16N6O. The van der Waals surface area contributed by atoms with Crippen LogP contribution >= 0.6 is 0 Å². The molecule has 3 aromatic heterocycles. The van der Waals surface area contributed by atoms with E-state index < -0.39 is 0 Å². The van der Waals surface area contributed by atoms with Gasteiger partial charge in [-0.15, -0.1) is 0 Å². The van der Waals surface area contributed by atoms with Gasteiger partial charge in [0.15, 0.2) is 0 Å². The smallest absolute Gasteiger partial charge is 0.257 e. The Morgan fingerprint density at radius 3 is 2.25 bits per heavy atom. The average molecular weight is 368 g/mol. The third-order valence-electron chi connectivity index (χ3n) is 3.94. The van der Waals surface area contributed by atoms with E-state index in [2.05, 4.69) is 25.3 Å². The summed E-state index contributed by atoms with van der Waals surface area (Å²) in [5.41, 5.74) is 2.74. The van der Waals surface area contributed by atoms with E-state index in [9.17, 15) is 4.79 Å². The lowest BCUT2D eigenvalue weighted by Gasteiger charge is -2.23. The minimum atomic E-state index is -0.228. The SMILES string of the molecule is O=C(Nc1cccc(N(c2cccnc2)c2ncccn2)c1)c1cccnc1. The number of pyridine rings is 2. The Labute approximate surface area is 161 Å². The molecule has 0 bridgehead atoms. The highest BCUT2D eigenvalue weighted by atomic mass is 16.1. The van der Waals surface area contributed by atoms with Gasteiger partial charge in [0, 0.05) is 36.7 Å². The van der Waals surface area contributed by atoms with E-state index in [-0.39, 0.29) is 5.91 Å². The topological polar surface area (TPSA) is 83.9 Å². The summed E-state index contributed by atoms with van der Waals surface area (Å²) < 4.78 is 0.